The van der Waals surface area contributed by atoms with Crippen LogP contribution in [0.5, 0.6) is 0 Å². The summed E-state index contributed by atoms with van der Waals surface area (Å²) in [5.41, 5.74) is 5.60. The van der Waals surface area contributed by atoms with Gasteiger partial charge in [-0.2, -0.15) is 0 Å². The first-order valence-electron chi connectivity index (χ1n) is 5.32. The Labute approximate surface area is 85.3 Å². The highest BCUT2D eigenvalue weighted by Crippen LogP contribution is 2.13. The van der Waals surface area contributed by atoms with Gasteiger partial charge in [-0.05, 0) is 38.7 Å². The number of Topliss-reactive ketones (excluding diaryl/α,β-unsaturated/α-hetero) is 1. The van der Waals surface area contributed by atoms with Gasteiger partial charge >= 0.3 is 0 Å². The van der Waals surface area contributed by atoms with Crippen molar-refractivity contribution in [1.29, 1.82) is 0 Å². The molecular formula is C11H19NO2. The maximum atomic E-state index is 11.5. The smallest absolute Gasteiger partial charge is 0.197 e. The molecule has 0 aliphatic carbocycles. The quantitative estimate of drug-likeness (QED) is 0.730. The van der Waals surface area contributed by atoms with Crippen LogP contribution in [-0.2, 0) is 9.53 Å². The summed E-state index contributed by atoms with van der Waals surface area (Å²) in [6.07, 6.45) is 6.21. The Hall–Kier alpha value is -0.830. The van der Waals surface area contributed by atoms with Gasteiger partial charge in [-0.3, -0.25) is 4.79 Å². The van der Waals surface area contributed by atoms with Gasteiger partial charge in [0.2, 0.25) is 0 Å². The summed E-state index contributed by atoms with van der Waals surface area (Å²) in [5.74, 6) is 0.700. The minimum Gasteiger partial charge on any atom is -0.490 e. The summed E-state index contributed by atoms with van der Waals surface area (Å²) in [7, 11) is 0. The Morgan fingerprint density at radius 3 is 3.07 bits per heavy atom. The van der Waals surface area contributed by atoms with Gasteiger partial charge in [0.15, 0.2) is 11.5 Å². The number of carbonyl (C=O) groups excluding carboxylic acids is 1. The van der Waals surface area contributed by atoms with E-state index >= 15 is 0 Å². The van der Waals surface area contributed by atoms with Gasteiger partial charge in [-0.25, -0.2) is 0 Å². The number of hydrogen-bond acceptors (Lipinski definition) is 3. The van der Waals surface area contributed by atoms with Gasteiger partial charge < -0.3 is 10.5 Å². The Bertz CT molecular complexity index is 221. The zero-order valence-electron chi connectivity index (χ0n) is 8.79. The average Bonchev–Trinajstić information content (AvgIpc) is 2.18. The number of allylic oxidation sites excluding steroid dienone is 2. The van der Waals surface area contributed by atoms with E-state index in [-0.39, 0.29) is 11.8 Å². The molecule has 0 aromatic rings. The number of carbonyl (C=O) groups is 1. The van der Waals surface area contributed by atoms with Crippen molar-refractivity contribution in [3.8, 4) is 0 Å². The van der Waals surface area contributed by atoms with Crippen LogP contribution in [0, 0.1) is 0 Å². The van der Waals surface area contributed by atoms with Gasteiger partial charge in [0, 0.05) is 12.5 Å². The first-order valence-corrected chi connectivity index (χ1v) is 5.32. The number of ether oxygens (including phenoxy) is 1. The molecule has 0 bridgehead atoms. The van der Waals surface area contributed by atoms with E-state index in [0.717, 1.165) is 25.7 Å². The lowest BCUT2D eigenvalue weighted by molar-refractivity contribution is -0.119. The van der Waals surface area contributed by atoms with E-state index in [1.807, 2.05) is 13.0 Å². The molecule has 0 radical (unpaired) electrons. The average molecular weight is 197 g/mol. The molecule has 0 aromatic heterocycles. The lowest BCUT2D eigenvalue weighted by Crippen LogP contribution is -2.16. The van der Waals surface area contributed by atoms with Gasteiger partial charge in [0.05, 0.1) is 6.61 Å². The molecule has 80 valence electrons. The minimum atomic E-state index is 0.130. The van der Waals surface area contributed by atoms with Crippen molar-refractivity contribution >= 4 is 5.78 Å². The molecule has 1 rings (SSSR count). The van der Waals surface area contributed by atoms with Crippen LogP contribution in [0.4, 0.5) is 0 Å². The summed E-state index contributed by atoms with van der Waals surface area (Å²) in [6, 6.07) is 0.184. The molecule has 0 fully saturated rings. The number of hydrogen-bond donors (Lipinski definition) is 1. The summed E-state index contributed by atoms with van der Waals surface area (Å²) in [5, 5.41) is 0. The predicted molar refractivity (Wildman–Crippen MR) is 55.8 cm³/mol. The second-order valence-electron chi connectivity index (χ2n) is 3.85. The summed E-state index contributed by atoms with van der Waals surface area (Å²) >= 11 is 0. The van der Waals surface area contributed by atoms with Crippen LogP contribution in [0.15, 0.2) is 11.8 Å². The molecule has 1 heterocycles. The van der Waals surface area contributed by atoms with Crippen LogP contribution in [-0.4, -0.2) is 18.4 Å². The van der Waals surface area contributed by atoms with Crippen LogP contribution in [0.25, 0.3) is 0 Å². The highest BCUT2D eigenvalue weighted by molar-refractivity contribution is 5.93. The Morgan fingerprint density at radius 1 is 1.71 bits per heavy atom. The van der Waals surface area contributed by atoms with E-state index in [1.165, 1.54) is 0 Å². The number of ketones is 1. The van der Waals surface area contributed by atoms with E-state index in [9.17, 15) is 4.79 Å². The lowest BCUT2D eigenvalue weighted by atomic mass is 10.1. The molecule has 1 aliphatic heterocycles. The minimum absolute atomic E-state index is 0.130. The fourth-order valence-corrected chi connectivity index (χ4v) is 1.46. The summed E-state index contributed by atoms with van der Waals surface area (Å²) in [6.45, 7) is 2.64. The fourth-order valence-electron chi connectivity index (χ4n) is 1.46. The van der Waals surface area contributed by atoms with Crippen LogP contribution in [0.3, 0.4) is 0 Å². The Kier molecular flexibility index (Phi) is 4.66. The van der Waals surface area contributed by atoms with Crippen LogP contribution >= 0.6 is 0 Å². The molecule has 1 aliphatic rings. The molecule has 3 nitrogen and oxygen atoms in total. The fraction of sp³-hybridized carbons (Fsp3) is 0.727. The highest BCUT2D eigenvalue weighted by atomic mass is 16.5. The monoisotopic (exact) mass is 197 g/mol. The van der Waals surface area contributed by atoms with E-state index in [1.54, 1.807) is 0 Å². The van der Waals surface area contributed by atoms with Gasteiger partial charge in [-0.1, -0.05) is 0 Å². The highest BCUT2D eigenvalue weighted by Gasteiger charge is 2.13. The lowest BCUT2D eigenvalue weighted by Gasteiger charge is -2.13. The normalized spacial score (nSPS) is 18.3. The topological polar surface area (TPSA) is 52.3 Å². The molecule has 3 heteroatoms. The number of rotatable bonds is 5. The van der Waals surface area contributed by atoms with Gasteiger partial charge in [0.1, 0.15) is 0 Å². The molecule has 1 atom stereocenters. The van der Waals surface area contributed by atoms with Crippen LogP contribution < -0.4 is 5.73 Å². The maximum Gasteiger partial charge on any atom is 0.197 e. The van der Waals surface area contributed by atoms with Crippen LogP contribution in [0.1, 0.15) is 39.0 Å². The van der Waals surface area contributed by atoms with Gasteiger partial charge in [-0.15, -0.1) is 0 Å². The van der Waals surface area contributed by atoms with Crippen LogP contribution in [0.2, 0.25) is 0 Å². The first-order chi connectivity index (χ1) is 6.70. The molecular weight excluding hydrogens is 178 g/mol. The Morgan fingerprint density at radius 2 is 2.50 bits per heavy atom. The predicted octanol–water partition coefficient (Wildman–Crippen LogP) is 1.77. The first kappa shape index (κ1) is 11.2. The third kappa shape index (κ3) is 3.92. The van der Waals surface area contributed by atoms with Crippen molar-refractivity contribution < 1.29 is 9.53 Å². The van der Waals surface area contributed by atoms with Gasteiger partial charge in [0.25, 0.3) is 0 Å². The molecule has 0 aromatic carbocycles. The standard InChI is InChI=1S/C11H19NO2/c1-9(12)5-4-6-10(13)11-7-2-3-8-14-11/h7,9H,2-6,8,12H2,1H3. The molecule has 0 spiro atoms. The molecule has 1 unspecified atom stereocenters. The van der Waals surface area contributed by atoms with Crippen molar-refractivity contribution in [3.63, 3.8) is 0 Å². The molecule has 0 amide bonds. The summed E-state index contributed by atoms with van der Waals surface area (Å²) < 4.78 is 5.28. The zero-order chi connectivity index (χ0) is 10.4. The second kappa shape index (κ2) is 5.81. The Balaban J connectivity index is 2.24. The third-order valence-corrected chi connectivity index (χ3v) is 2.27. The van der Waals surface area contributed by atoms with Crippen molar-refractivity contribution in [1.82, 2.24) is 0 Å². The van der Waals surface area contributed by atoms with Crippen molar-refractivity contribution in [2.24, 2.45) is 5.73 Å². The van der Waals surface area contributed by atoms with E-state index in [2.05, 4.69) is 0 Å². The van der Waals surface area contributed by atoms with E-state index < -0.39 is 0 Å². The third-order valence-electron chi connectivity index (χ3n) is 2.27. The molecule has 2 N–H and O–H groups in total. The SMILES string of the molecule is CC(N)CCCC(=O)C1=CCCCO1. The van der Waals surface area contributed by atoms with Crippen molar-refractivity contribution in [3.05, 3.63) is 11.8 Å². The summed E-state index contributed by atoms with van der Waals surface area (Å²) in [4.78, 5) is 11.5. The molecule has 0 saturated heterocycles. The zero-order valence-corrected chi connectivity index (χ0v) is 8.79. The van der Waals surface area contributed by atoms with E-state index in [0.29, 0.717) is 18.8 Å². The van der Waals surface area contributed by atoms with E-state index in [4.69, 9.17) is 10.5 Å². The molecule has 0 saturated carbocycles. The second-order valence-corrected chi connectivity index (χ2v) is 3.85. The van der Waals surface area contributed by atoms with Crippen molar-refractivity contribution in [2.45, 2.75) is 45.1 Å². The number of nitrogens with two attached hydrogens (primary N) is 1. The molecule has 14 heavy (non-hydrogen) atoms. The maximum absolute atomic E-state index is 11.5. The largest absolute Gasteiger partial charge is 0.490 e. The van der Waals surface area contributed by atoms with Crippen molar-refractivity contribution in [2.75, 3.05) is 6.61 Å².